The summed E-state index contributed by atoms with van der Waals surface area (Å²) in [5.41, 5.74) is 1.41. The van der Waals surface area contributed by atoms with Crippen LogP contribution < -0.4 is 5.32 Å². The Morgan fingerprint density at radius 3 is 2.62 bits per heavy atom. The summed E-state index contributed by atoms with van der Waals surface area (Å²) < 4.78 is 14.4. The van der Waals surface area contributed by atoms with E-state index in [4.69, 9.17) is 0 Å². The van der Waals surface area contributed by atoms with Gasteiger partial charge in [-0.25, -0.2) is 14.4 Å². The van der Waals surface area contributed by atoms with Gasteiger partial charge in [0.2, 0.25) is 0 Å². The quantitative estimate of drug-likeness (QED) is 0.745. The van der Waals surface area contributed by atoms with E-state index in [9.17, 15) is 9.50 Å². The first-order valence-corrected chi connectivity index (χ1v) is 7.93. The highest BCUT2D eigenvalue weighted by atomic mass is 127. The van der Waals surface area contributed by atoms with Crippen LogP contribution in [-0.2, 0) is 6.42 Å². The highest BCUT2D eigenvalue weighted by Gasteiger charge is 2.13. The van der Waals surface area contributed by atoms with Crippen molar-refractivity contribution in [2.75, 3.05) is 11.9 Å². The van der Waals surface area contributed by atoms with Gasteiger partial charge in [-0.15, -0.1) is 0 Å². The predicted molar refractivity (Wildman–Crippen MR) is 90.0 cm³/mol. The molecule has 0 spiro atoms. The van der Waals surface area contributed by atoms with Gasteiger partial charge < -0.3 is 10.4 Å². The monoisotopic (exact) mass is 401 g/mol. The average Bonchev–Trinajstić information content (AvgIpc) is 2.42. The number of nitrogens with zero attached hydrogens (tertiary/aromatic N) is 2. The molecule has 1 aromatic carbocycles. The van der Waals surface area contributed by atoms with Crippen LogP contribution in [0.15, 0.2) is 18.2 Å². The number of phenolic OH excluding ortho intramolecular Hbond substituents is 1. The predicted octanol–water partition coefficient (Wildman–Crippen LogP) is 3.98. The molecule has 0 fully saturated rings. The second-order valence-electron chi connectivity index (χ2n) is 4.63. The summed E-state index contributed by atoms with van der Waals surface area (Å²) in [5.74, 6) is 0.531. The first kappa shape index (κ1) is 15.9. The molecular formula is C15H17FIN3O. The van der Waals surface area contributed by atoms with Gasteiger partial charge in [0.25, 0.3) is 0 Å². The Hall–Kier alpha value is -1.44. The number of rotatable bonds is 5. The smallest absolute Gasteiger partial charge is 0.162 e. The molecule has 0 amide bonds. The molecule has 1 heterocycles. The van der Waals surface area contributed by atoms with Gasteiger partial charge in [0.05, 0.1) is 9.26 Å². The zero-order valence-corrected chi connectivity index (χ0v) is 14.1. The van der Waals surface area contributed by atoms with Crippen molar-refractivity contribution >= 4 is 28.4 Å². The lowest BCUT2D eigenvalue weighted by Gasteiger charge is -2.12. The molecule has 21 heavy (non-hydrogen) atoms. The molecule has 0 unspecified atom stereocenters. The third-order valence-corrected chi connectivity index (χ3v) is 4.03. The summed E-state index contributed by atoms with van der Waals surface area (Å²) in [6.45, 7) is 4.82. The Balaban J connectivity index is 2.56. The average molecular weight is 401 g/mol. The molecule has 0 radical (unpaired) electrons. The second-order valence-corrected chi connectivity index (χ2v) is 5.71. The van der Waals surface area contributed by atoms with Crippen molar-refractivity contribution in [1.29, 1.82) is 0 Å². The largest absolute Gasteiger partial charge is 0.508 e. The van der Waals surface area contributed by atoms with E-state index in [-0.39, 0.29) is 5.75 Å². The maximum atomic E-state index is 13.5. The molecular weight excluding hydrogens is 384 g/mol. The van der Waals surface area contributed by atoms with Crippen molar-refractivity contribution in [1.82, 2.24) is 9.97 Å². The van der Waals surface area contributed by atoms with Crippen LogP contribution in [0, 0.1) is 9.39 Å². The number of anilines is 1. The Kier molecular flexibility index (Phi) is 5.33. The van der Waals surface area contributed by atoms with Crippen molar-refractivity contribution in [2.24, 2.45) is 0 Å². The van der Waals surface area contributed by atoms with Crippen LogP contribution in [0.2, 0.25) is 0 Å². The first-order valence-electron chi connectivity index (χ1n) is 6.85. The summed E-state index contributed by atoms with van der Waals surface area (Å²) in [6, 6.07) is 3.86. The van der Waals surface area contributed by atoms with Gasteiger partial charge >= 0.3 is 0 Å². The fraction of sp³-hybridized carbons (Fsp3) is 0.333. The zero-order valence-electron chi connectivity index (χ0n) is 12.0. The number of hydrogen-bond acceptors (Lipinski definition) is 4. The van der Waals surface area contributed by atoms with Gasteiger partial charge in [-0.1, -0.05) is 13.3 Å². The second kappa shape index (κ2) is 7.02. The molecule has 0 aliphatic rings. The van der Waals surface area contributed by atoms with E-state index in [1.165, 1.54) is 12.1 Å². The van der Waals surface area contributed by atoms with Crippen molar-refractivity contribution in [3.05, 3.63) is 33.3 Å². The molecule has 1 aromatic heterocycles. The molecule has 0 saturated carbocycles. The van der Waals surface area contributed by atoms with E-state index in [1.807, 2.05) is 6.92 Å². The van der Waals surface area contributed by atoms with Crippen LogP contribution >= 0.6 is 22.6 Å². The van der Waals surface area contributed by atoms with Crippen LogP contribution in [0.3, 0.4) is 0 Å². The third kappa shape index (κ3) is 3.81. The van der Waals surface area contributed by atoms with Crippen LogP contribution in [0.25, 0.3) is 11.4 Å². The lowest BCUT2D eigenvalue weighted by atomic mass is 10.1. The number of nitrogens with one attached hydrogen (secondary N) is 1. The van der Waals surface area contributed by atoms with Gasteiger partial charge in [0.15, 0.2) is 5.82 Å². The number of halogens is 2. The Bertz CT molecular complexity index is 602. The zero-order chi connectivity index (χ0) is 15.4. The first-order chi connectivity index (χ1) is 10.0. The van der Waals surface area contributed by atoms with Crippen molar-refractivity contribution in [3.8, 4) is 17.1 Å². The minimum atomic E-state index is -0.505. The van der Waals surface area contributed by atoms with Crippen LogP contribution in [0.4, 0.5) is 10.2 Å². The summed E-state index contributed by atoms with van der Waals surface area (Å²) in [7, 11) is 0. The molecule has 2 rings (SSSR count). The molecule has 2 aromatic rings. The summed E-state index contributed by atoms with van der Waals surface area (Å²) in [4.78, 5) is 8.97. The van der Waals surface area contributed by atoms with E-state index in [0.29, 0.717) is 11.4 Å². The van der Waals surface area contributed by atoms with E-state index in [0.717, 1.165) is 40.5 Å². The Labute approximate surface area is 137 Å². The Morgan fingerprint density at radius 1 is 1.24 bits per heavy atom. The van der Waals surface area contributed by atoms with Crippen LogP contribution in [0.5, 0.6) is 5.75 Å². The molecule has 112 valence electrons. The van der Waals surface area contributed by atoms with E-state index in [2.05, 4.69) is 44.8 Å². The molecule has 0 bridgehead atoms. The third-order valence-electron chi connectivity index (χ3n) is 2.89. The van der Waals surface area contributed by atoms with Gasteiger partial charge in [-0.2, -0.15) is 0 Å². The number of phenols is 1. The summed E-state index contributed by atoms with van der Waals surface area (Å²) >= 11 is 2.23. The standard InChI is InChI=1S/C15H17FIN3O/c1-3-5-12-13(17)15(18-4-2)20-14(19-12)9-6-10(16)8-11(21)7-9/h6-8,21H,3-5H2,1-2H3,(H,18,19,20). The number of hydrogen-bond donors (Lipinski definition) is 2. The van der Waals surface area contributed by atoms with Crippen molar-refractivity contribution < 1.29 is 9.50 Å². The minimum absolute atomic E-state index is 0.130. The van der Waals surface area contributed by atoms with E-state index < -0.39 is 5.82 Å². The van der Waals surface area contributed by atoms with Gasteiger partial charge in [-0.05, 0) is 48.1 Å². The molecule has 0 aliphatic heterocycles. The number of aryl methyl sites for hydroxylation is 1. The topological polar surface area (TPSA) is 58.0 Å². The maximum Gasteiger partial charge on any atom is 0.162 e. The molecule has 0 atom stereocenters. The molecule has 2 N–H and O–H groups in total. The van der Waals surface area contributed by atoms with Crippen LogP contribution in [0.1, 0.15) is 26.0 Å². The lowest BCUT2D eigenvalue weighted by molar-refractivity contribution is 0.469. The van der Waals surface area contributed by atoms with Crippen molar-refractivity contribution in [3.63, 3.8) is 0 Å². The summed E-state index contributed by atoms with van der Waals surface area (Å²) in [5, 5.41) is 12.7. The SMILES string of the molecule is CCCc1nc(-c2cc(O)cc(F)c2)nc(NCC)c1I. The van der Waals surface area contributed by atoms with E-state index >= 15 is 0 Å². The molecule has 4 nitrogen and oxygen atoms in total. The van der Waals surface area contributed by atoms with Gasteiger partial charge in [0, 0.05) is 18.2 Å². The van der Waals surface area contributed by atoms with Gasteiger partial charge in [-0.3, -0.25) is 0 Å². The highest BCUT2D eigenvalue weighted by Crippen LogP contribution is 2.27. The number of aromatic hydroxyl groups is 1. The minimum Gasteiger partial charge on any atom is -0.508 e. The fourth-order valence-corrected chi connectivity index (χ4v) is 2.71. The highest BCUT2D eigenvalue weighted by molar-refractivity contribution is 14.1. The molecule has 0 saturated heterocycles. The maximum absolute atomic E-state index is 13.5. The molecule has 6 heteroatoms. The number of benzene rings is 1. The normalized spacial score (nSPS) is 10.7. The fourth-order valence-electron chi connectivity index (χ4n) is 2.01. The Morgan fingerprint density at radius 2 is 2.00 bits per heavy atom. The molecule has 0 aliphatic carbocycles. The van der Waals surface area contributed by atoms with Crippen molar-refractivity contribution in [2.45, 2.75) is 26.7 Å². The van der Waals surface area contributed by atoms with Gasteiger partial charge in [0.1, 0.15) is 17.4 Å². The summed E-state index contributed by atoms with van der Waals surface area (Å²) in [6.07, 6.45) is 1.79. The van der Waals surface area contributed by atoms with Crippen LogP contribution in [-0.4, -0.2) is 21.6 Å². The van der Waals surface area contributed by atoms with E-state index in [1.54, 1.807) is 0 Å². The lowest BCUT2D eigenvalue weighted by Crippen LogP contribution is -2.08. The number of aromatic nitrogens is 2.